The summed E-state index contributed by atoms with van der Waals surface area (Å²) >= 11 is 0. The molecule has 2 amide bonds. The molecule has 0 radical (unpaired) electrons. The molecule has 0 aromatic rings. The van der Waals surface area contributed by atoms with Crippen molar-refractivity contribution in [2.24, 2.45) is 5.92 Å². The van der Waals surface area contributed by atoms with Crippen LogP contribution in [0.5, 0.6) is 0 Å². The van der Waals surface area contributed by atoms with Crippen molar-refractivity contribution in [2.75, 3.05) is 25.4 Å². The molecule has 0 aliphatic carbocycles. The number of piperidine rings is 1. The van der Waals surface area contributed by atoms with E-state index in [-0.39, 0.29) is 30.7 Å². The fourth-order valence-electron chi connectivity index (χ4n) is 3.06. The molecule has 2 fully saturated rings. The molecule has 7 nitrogen and oxygen atoms in total. The second kappa shape index (κ2) is 6.64. The van der Waals surface area contributed by atoms with Crippen molar-refractivity contribution in [2.45, 2.75) is 37.4 Å². The lowest BCUT2D eigenvalue weighted by Crippen LogP contribution is -2.47. The molecule has 2 heterocycles. The smallest absolute Gasteiger partial charge is 0.317 e. The van der Waals surface area contributed by atoms with Gasteiger partial charge in [0.05, 0.1) is 11.0 Å². The Balaban J connectivity index is 1.81. The number of carbonyl (C=O) groups excluding carboxylic acids is 1. The van der Waals surface area contributed by atoms with Gasteiger partial charge >= 0.3 is 12.0 Å². The molecule has 2 aliphatic rings. The van der Waals surface area contributed by atoms with E-state index >= 15 is 0 Å². The quantitative estimate of drug-likeness (QED) is 0.783. The maximum absolute atomic E-state index is 12.1. The zero-order valence-electron chi connectivity index (χ0n) is 12.0. The van der Waals surface area contributed by atoms with Crippen molar-refractivity contribution in [3.05, 3.63) is 0 Å². The zero-order valence-corrected chi connectivity index (χ0v) is 12.8. The number of carboxylic acid groups (broad SMARTS) is 1. The maximum atomic E-state index is 12.1. The molecule has 0 saturated carbocycles. The van der Waals surface area contributed by atoms with Crippen molar-refractivity contribution in [1.29, 1.82) is 0 Å². The number of aliphatic carboxylic acids is 1. The first-order valence-corrected chi connectivity index (χ1v) is 9.06. The summed E-state index contributed by atoms with van der Waals surface area (Å²) in [6.07, 6.45) is 2.93. The molecular weight excluding hydrogens is 296 g/mol. The summed E-state index contributed by atoms with van der Waals surface area (Å²) in [5.74, 6) is -0.658. The second-order valence-electron chi connectivity index (χ2n) is 5.87. The lowest BCUT2D eigenvalue weighted by molar-refractivity contribution is -0.138. The third-order valence-electron chi connectivity index (χ3n) is 4.21. The normalized spacial score (nSPS) is 28.3. The fourth-order valence-corrected chi connectivity index (χ4v) is 4.83. The van der Waals surface area contributed by atoms with E-state index in [1.54, 1.807) is 4.90 Å². The van der Waals surface area contributed by atoms with E-state index < -0.39 is 21.1 Å². The largest absolute Gasteiger partial charge is 0.481 e. The molecule has 2 aliphatic heterocycles. The zero-order chi connectivity index (χ0) is 15.5. The van der Waals surface area contributed by atoms with Crippen molar-refractivity contribution in [1.82, 2.24) is 10.2 Å². The van der Waals surface area contributed by atoms with Gasteiger partial charge in [-0.2, -0.15) is 0 Å². The lowest BCUT2D eigenvalue weighted by Gasteiger charge is -2.32. The summed E-state index contributed by atoms with van der Waals surface area (Å²) in [7, 11) is -3.05. The van der Waals surface area contributed by atoms with Crippen LogP contribution in [0.2, 0.25) is 0 Å². The number of sulfone groups is 1. The number of hydrogen-bond donors (Lipinski definition) is 2. The van der Waals surface area contributed by atoms with E-state index in [4.69, 9.17) is 5.11 Å². The molecule has 120 valence electrons. The van der Waals surface area contributed by atoms with Crippen LogP contribution in [0.1, 0.15) is 32.1 Å². The summed E-state index contributed by atoms with van der Waals surface area (Å²) < 4.78 is 23.4. The minimum atomic E-state index is -3.05. The molecule has 0 aromatic heterocycles. The Hall–Kier alpha value is -1.31. The van der Waals surface area contributed by atoms with Crippen LogP contribution in [0.3, 0.4) is 0 Å². The summed E-state index contributed by atoms with van der Waals surface area (Å²) in [6, 6.07) is -0.285. The first-order chi connectivity index (χ1) is 9.88. The molecule has 0 spiro atoms. The molecule has 0 bridgehead atoms. The SMILES string of the molecule is O=C(O)CC1CCCN(C(=O)NCC2CCCS2(=O)=O)C1. The van der Waals surface area contributed by atoms with Crippen LogP contribution < -0.4 is 5.32 Å². The number of carbonyl (C=O) groups is 2. The van der Waals surface area contributed by atoms with Crippen molar-refractivity contribution in [3.8, 4) is 0 Å². The molecule has 2 atom stereocenters. The number of carboxylic acids is 1. The van der Waals surface area contributed by atoms with Crippen LogP contribution in [0.15, 0.2) is 0 Å². The van der Waals surface area contributed by atoms with Crippen LogP contribution in [0.25, 0.3) is 0 Å². The number of rotatable bonds is 4. The highest BCUT2D eigenvalue weighted by Gasteiger charge is 2.32. The van der Waals surface area contributed by atoms with E-state index in [1.165, 1.54) is 0 Å². The van der Waals surface area contributed by atoms with Gasteiger partial charge in [0.2, 0.25) is 0 Å². The highest BCUT2D eigenvalue weighted by Crippen LogP contribution is 2.21. The molecule has 0 aromatic carbocycles. The van der Waals surface area contributed by atoms with Crippen molar-refractivity contribution in [3.63, 3.8) is 0 Å². The Labute approximate surface area is 124 Å². The third-order valence-corrected chi connectivity index (χ3v) is 6.49. The van der Waals surface area contributed by atoms with E-state index in [2.05, 4.69) is 5.32 Å². The standard InChI is InChI=1S/C13H22N2O5S/c16-12(17)7-10-3-1-5-15(9-10)13(18)14-8-11-4-2-6-21(11,19)20/h10-11H,1-9H2,(H,14,18)(H,16,17). The monoisotopic (exact) mass is 318 g/mol. The molecule has 8 heteroatoms. The van der Waals surface area contributed by atoms with Crippen LogP contribution in [0.4, 0.5) is 4.79 Å². The summed E-state index contributed by atoms with van der Waals surface area (Å²) in [6.45, 7) is 1.18. The minimum Gasteiger partial charge on any atom is -0.481 e. The first kappa shape index (κ1) is 16.1. The molecule has 2 unspecified atom stereocenters. The van der Waals surface area contributed by atoms with Gasteiger partial charge in [-0.1, -0.05) is 0 Å². The van der Waals surface area contributed by atoms with Gasteiger partial charge in [0.1, 0.15) is 0 Å². The number of urea groups is 1. The third kappa shape index (κ3) is 4.33. The van der Waals surface area contributed by atoms with Crippen LogP contribution >= 0.6 is 0 Å². The number of amides is 2. The maximum Gasteiger partial charge on any atom is 0.317 e. The average Bonchev–Trinajstić information content (AvgIpc) is 2.74. The van der Waals surface area contributed by atoms with Crippen molar-refractivity contribution < 1.29 is 23.1 Å². The Morgan fingerprint density at radius 2 is 2.00 bits per heavy atom. The van der Waals surface area contributed by atoms with Gasteiger partial charge in [-0.25, -0.2) is 13.2 Å². The lowest BCUT2D eigenvalue weighted by atomic mass is 9.95. The topological polar surface area (TPSA) is 104 Å². The van der Waals surface area contributed by atoms with E-state index in [0.717, 1.165) is 12.8 Å². The number of nitrogens with zero attached hydrogens (tertiary/aromatic N) is 1. The molecular formula is C13H22N2O5S. The summed E-state index contributed by atoms with van der Waals surface area (Å²) in [4.78, 5) is 24.4. The fraction of sp³-hybridized carbons (Fsp3) is 0.846. The Morgan fingerprint density at radius 3 is 2.62 bits per heavy atom. The Bertz CT molecular complexity index is 505. The molecule has 21 heavy (non-hydrogen) atoms. The predicted octanol–water partition coefficient (Wildman–Crippen LogP) is 0.460. The van der Waals surface area contributed by atoms with Crippen LogP contribution in [-0.4, -0.2) is 61.1 Å². The average molecular weight is 318 g/mol. The summed E-state index contributed by atoms with van der Waals surface area (Å²) in [5.41, 5.74) is 0. The van der Waals surface area contributed by atoms with Gasteiger partial charge in [0.25, 0.3) is 0 Å². The van der Waals surface area contributed by atoms with Crippen LogP contribution in [0, 0.1) is 5.92 Å². The van der Waals surface area contributed by atoms with Crippen molar-refractivity contribution >= 4 is 21.8 Å². The predicted molar refractivity (Wildman–Crippen MR) is 76.8 cm³/mol. The van der Waals surface area contributed by atoms with Gasteiger partial charge in [0.15, 0.2) is 9.84 Å². The first-order valence-electron chi connectivity index (χ1n) is 7.34. The molecule has 2 N–H and O–H groups in total. The van der Waals surface area contributed by atoms with Gasteiger partial charge in [-0.05, 0) is 31.6 Å². The van der Waals surface area contributed by atoms with Crippen LogP contribution in [-0.2, 0) is 14.6 Å². The number of hydrogen-bond acceptors (Lipinski definition) is 4. The molecule has 2 rings (SSSR count). The highest BCUT2D eigenvalue weighted by molar-refractivity contribution is 7.92. The molecule has 2 saturated heterocycles. The van der Waals surface area contributed by atoms with E-state index in [9.17, 15) is 18.0 Å². The van der Waals surface area contributed by atoms with E-state index in [0.29, 0.717) is 25.9 Å². The number of nitrogens with one attached hydrogen (secondary N) is 1. The number of likely N-dealkylation sites (tertiary alicyclic amines) is 1. The minimum absolute atomic E-state index is 0.0165. The second-order valence-corrected chi connectivity index (χ2v) is 8.27. The Morgan fingerprint density at radius 1 is 1.24 bits per heavy atom. The highest BCUT2D eigenvalue weighted by atomic mass is 32.2. The summed E-state index contributed by atoms with van der Waals surface area (Å²) in [5, 5.41) is 11.0. The van der Waals surface area contributed by atoms with Gasteiger partial charge in [0, 0.05) is 26.1 Å². The van der Waals surface area contributed by atoms with Gasteiger partial charge < -0.3 is 15.3 Å². The van der Waals surface area contributed by atoms with E-state index in [1.807, 2.05) is 0 Å². The van der Waals surface area contributed by atoms with Gasteiger partial charge in [-0.15, -0.1) is 0 Å². The van der Waals surface area contributed by atoms with Gasteiger partial charge in [-0.3, -0.25) is 4.79 Å². The Kier molecular flexibility index (Phi) is 5.08.